The van der Waals surface area contributed by atoms with Crippen LogP contribution in [-0.2, 0) is 4.74 Å². The summed E-state index contributed by atoms with van der Waals surface area (Å²) in [6.45, 7) is 10.7. The summed E-state index contributed by atoms with van der Waals surface area (Å²) in [5, 5.41) is 3.67. The van der Waals surface area contributed by atoms with E-state index in [1.807, 2.05) is 25.7 Å². The minimum absolute atomic E-state index is 0.149. The van der Waals surface area contributed by atoms with E-state index in [-0.39, 0.29) is 11.6 Å². The van der Waals surface area contributed by atoms with Gasteiger partial charge in [-0.1, -0.05) is 13.3 Å². The molecule has 0 saturated carbocycles. The van der Waals surface area contributed by atoms with Gasteiger partial charge in [0.15, 0.2) is 0 Å². The van der Waals surface area contributed by atoms with Crippen molar-refractivity contribution >= 4 is 6.09 Å². The van der Waals surface area contributed by atoms with Crippen molar-refractivity contribution < 1.29 is 9.53 Å². The molecule has 4 nitrogen and oxygen atoms in total. The highest BCUT2D eigenvalue weighted by atomic mass is 16.6. The van der Waals surface area contributed by atoms with E-state index < -0.39 is 5.60 Å². The first kappa shape index (κ1) is 14.6. The van der Waals surface area contributed by atoms with E-state index in [4.69, 9.17) is 4.74 Å². The second kappa shape index (κ2) is 5.31. The maximum absolute atomic E-state index is 12.2. The molecule has 0 radical (unpaired) electrons. The van der Waals surface area contributed by atoms with Crippen molar-refractivity contribution in [3.05, 3.63) is 0 Å². The Bertz CT molecular complexity index is 338. The summed E-state index contributed by atoms with van der Waals surface area (Å²) in [6, 6.07) is 0. The van der Waals surface area contributed by atoms with Crippen molar-refractivity contribution in [1.82, 2.24) is 10.2 Å². The summed E-state index contributed by atoms with van der Waals surface area (Å²) in [6.07, 6.45) is 4.52. The number of piperidine rings is 1. The zero-order chi connectivity index (χ0) is 14.1. The van der Waals surface area contributed by atoms with Crippen molar-refractivity contribution in [2.24, 2.45) is 5.92 Å². The van der Waals surface area contributed by atoms with Crippen LogP contribution in [0, 0.1) is 5.92 Å². The fourth-order valence-electron chi connectivity index (χ4n) is 3.27. The number of nitrogens with one attached hydrogen (secondary N) is 1. The van der Waals surface area contributed by atoms with Crippen LogP contribution in [0.5, 0.6) is 0 Å². The Labute approximate surface area is 116 Å². The highest BCUT2D eigenvalue weighted by Gasteiger charge is 2.42. The Hall–Kier alpha value is -0.770. The Kier molecular flexibility index (Phi) is 4.09. The van der Waals surface area contributed by atoms with Crippen molar-refractivity contribution in [3.63, 3.8) is 0 Å². The first-order valence-electron chi connectivity index (χ1n) is 7.56. The van der Waals surface area contributed by atoms with Crippen LogP contribution >= 0.6 is 0 Å². The monoisotopic (exact) mass is 268 g/mol. The Morgan fingerprint density at radius 3 is 2.79 bits per heavy atom. The van der Waals surface area contributed by atoms with Crippen LogP contribution in [-0.4, -0.2) is 41.8 Å². The lowest BCUT2D eigenvalue weighted by Crippen LogP contribution is -2.55. The molecule has 0 aromatic carbocycles. The molecule has 0 bridgehead atoms. The summed E-state index contributed by atoms with van der Waals surface area (Å²) in [5.74, 6) is 0.763. The lowest BCUT2D eigenvalue weighted by molar-refractivity contribution is 0.0121. The van der Waals surface area contributed by atoms with Gasteiger partial charge in [-0.2, -0.15) is 0 Å². The molecule has 110 valence electrons. The van der Waals surface area contributed by atoms with E-state index in [9.17, 15) is 4.79 Å². The quantitative estimate of drug-likeness (QED) is 0.795. The van der Waals surface area contributed by atoms with E-state index in [0.717, 1.165) is 32.0 Å². The lowest BCUT2D eigenvalue weighted by atomic mass is 9.84. The van der Waals surface area contributed by atoms with Crippen LogP contribution in [0.25, 0.3) is 0 Å². The molecule has 1 spiro atoms. The number of hydrogen-bond donors (Lipinski definition) is 1. The second-order valence-corrected chi connectivity index (χ2v) is 7.15. The van der Waals surface area contributed by atoms with Gasteiger partial charge >= 0.3 is 6.09 Å². The molecule has 2 rings (SSSR count). The number of nitrogens with zero attached hydrogens (tertiary/aromatic N) is 1. The molecule has 0 aromatic heterocycles. The zero-order valence-corrected chi connectivity index (χ0v) is 12.8. The van der Waals surface area contributed by atoms with Crippen LogP contribution in [0.1, 0.15) is 53.4 Å². The molecule has 2 fully saturated rings. The standard InChI is InChI=1S/C15H28N2O2/c1-5-12-9-15(16-10-12)7-6-8-17(11-15)13(18)19-14(2,3)4/h12,16H,5-11H2,1-4H3. The van der Waals surface area contributed by atoms with Crippen molar-refractivity contribution in [2.75, 3.05) is 19.6 Å². The summed E-state index contributed by atoms with van der Waals surface area (Å²) in [5.41, 5.74) is -0.257. The second-order valence-electron chi connectivity index (χ2n) is 7.15. The van der Waals surface area contributed by atoms with Crippen LogP contribution in [0.15, 0.2) is 0 Å². The maximum atomic E-state index is 12.2. The molecule has 2 atom stereocenters. The molecule has 2 aliphatic rings. The van der Waals surface area contributed by atoms with Gasteiger partial charge in [0.1, 0.15) is 5.60 Å². The van der Waals surface area contributed by atoms with E-state index in [2.05, 4.69) is 12.2 Å². The summed E-state index contributed by atoms with van der Waals surface area (Å²) in [4.78, 5) is 14.1. The molecule has 0 aromatic rings. The van der Waals surface area contributed by atoms with Crippen LogP contribution in [0.4, 0.5) is 4.79 Å². The summed E-state index contributed by atoms with van der Waals surface area (Å²) >= 11 is 0. The van der Waals surface area contributed by atoms with E-state index >= 15 is 0 Å². The fraction of sp³-hybridized carbons (Fsp3) is 0.933. The van der Waals surface area contributed by atoms with Crippen molar-refractivity contribution in [1.29, 1.82) is 0 Å². The van der Waals surface area contributed by atoms with E-state index in [0.29, 0.717) is 0 Å². The Morgan fingerprint density at radius 1 is 1.47 bits per heavy atom. The number of hydrogen-bond acceptors (Lipinski definition) is 3. The highest BCUT2D eigenvalue weighted by molar-refractivity contribution is 5.68. The first-order valence-corrected chi connectivity index (χ1v) is 7.56. The molecule has 1 amide bonds. The van der Waals surface area contributed by atoms with E-state index in [1.165, 1.54) is 19.3 Å². The molecule has 2 unspecified atom stereocenters. The van der Waals surface area contributed by atoms with Gasteiger partial charge in [0, 0.05) is 18.6 Å². The number of carbonyl (C=O) groups is 1. The molecule has 4 heteroatoms. The Morgan fingerprint density at radius 2 is 2.21 bits per heavy atom. The van der Waals surface area contributed by atoms with Gasteiger partial charge in [0.25, 0.3) is 0 Å². The highest BCUT2D eigenvalue weighted by Crippen LogP contribution is 2.34. The molecule has 0 aliphatic carbocycles. The number of likely N-dealkylation sites (tertiary alicyclic amines) is 1. The third kappa shape index (κ3) is 3.62. The number of amides is 1. The SMILES string of the molecule is CCC1CNC2(CCCN(C(=O)OC(C)(C)C)C2)C1. The van der Waals surface area contributed by atoms with Crippen molar-refractivity contribution in [2.45, 2.75) is 64.5 Å². The molecule has 2 heterocycles. The number of carbonyl (C=O) groups excluding carboxylic acids is 1. The van der Waals surface area contributed by atoms with Gasteiger partial charge in [0.2, 0.25) is 0 Å². The average Bonchev–Trinajstić information content (AvgIpc) is 2.70. The minimum Gasteiger partial charge on any atom is -0.444 e. The van der Waals surface area contributed by atoms with Gasteiger partial charge in [-0.3, -0.25) is 0 Å². The fourth-order valence-corrected chi connectivity index (χ4v) is 3.27. The van der Waals surface area contributed by atoms with Gasteiger partial charge in [-0.25, -0.2) is 4.79 Å². The topological polar surface area (TPSA) is 41.6 Å². The van der Waals surface area contributed by atoms with Crippen LogP contribution in [0.3, 0.4) is 0 Å². The zero-order valence-electron chi connectivity index (χ0n) is 12.8. The normalized spacial score (nSPS) is 31.8. The van der Waals surface area contributed by atoms with Gasteiger partial charge in [-0.05, 0) is 52.5 Å². The molecule has 2 aliphatic heterocycles. The average molecular weight is 268 g/mol. The van der Waals surface area contributed by atoms with Gasteiger partial charge in [0.05, 0.1) is 0 Å². The van der Waals surface area contributed by atoms with Gasteiger partial charge in [-0.15, -0.1) is 0 Å². The molecular weight excluding hydrogens is 240 g/mol. The molecule has 19 heavy (non-hydrogen) atoms. The predicted molar refractivity (Wildman–Crippen MR) is 76.2 cm³/mol. The first-order chi connectivity index (χ1) is 8.84. The molecule has 1 N–H and O–H groups in total. The third-order valence-corrected chi connectivity index (χ3v) is 4.25. The van der Waals surface area contributed by atoms with Crippen molar-refractivity contribution in [3.8, 4) is 0 Å². The van der Waals surface area contributed by atoms with Crippen LogP contribution in [0.2, 0.25) is 0 Å². The molecular formula is C15H28N2O2. The number of ether oxygens (including phenoxy) is 1. The minimum atomic E-state index is -0.406. The number of rotatable bonds is 1. The molecule has 2 saturated heterocycles. The van der Waals surface area contributed by atoms with Crippen LogP contribution < -0.4 is 5.32 Å². The predicted octanol–water partition coefficient (Wildman–Crippen LogP) is 2.78. The maximum Gasteiger partial charge on any atom is 0.410 e. The van der Waals surface area contributed by atoms with E-state index in [1.54, 1.807) is 0 Å². The Balaban J connectivity index is 1.96. The third-order valence-electron chi connectivity index (χ3n) is 4.25. The summed E-state index contributed by atoms with van der Waals surface area (Å²) < 4.78 is 5.49. The van der Waals surface area contributed by atoms with Gasteiger partial charge < -0.3 is 15.0 Å². The largest absolute Gasteiger partial charge is 0.444 e. The smallest absolute Gasteiger partial charge is 0.410 e. The lowest BCUT2D eigenvalue weighted by Gasteiger charge is -2.41. The summed E-state index contributed by atoms with van der Waals surface area (Å²) in [7, 11) is 0.